The zero-order chi connectivity index (χ0) is 29.1. The quantitative estimate of drug-likeness (QED) is 0.338. The summed E-state index contributed by atoms with van der Waals surface area (Å²) in [7, 11) is 0. The molecule has 2 atom stereocenters. The molecule has 2 bridgehead atoms. The third-order valence-electron chi connectivity index (χ3n) is 7.47. The first-order valence-corrected chi connectivity index (χ1v) is 14.2. The van der Waals surface area contributed by atoms with Crippen LogP contribution in [0.15, 0.2) is 65.4 Å². The monoisotopic (exact) mass is 596 g/mol. The van der Waals surface area contributed by atoms with Crippen LogP contribution >= 0.6 is 22.7 Å². The van der Waals surface area contributed by atoms with Gasteiger partial charge >= 0.3 is 18.2 Å². The van der Waals surface area contributed by atoms with E-state index in [4.69, 9.17) is 14.6 Å². The van der Waals surface area contributed by atoms with E-state index >= 15 is 0 Å². The summed E-state index contributed by atoms with van der Waals surface area (Å²) in [5.74, 6) is -3.49. The molecule has 0 saturated carbocycles. The molecule has 8 nitrogen and oxygen atoms in total. The number of urea groups is 1. The number of esters is 1. The number of piperidine rings is 3. The maximum Gasteiger partial charge on any atom is 0.430 e. The number of thiophene rings is 2. The summed E-state index contributed by atoms with van der Waals surface area (Å²) in [6, 6.07) is 16.3. The molecular weight excluding hydrogens is 569 g/mol. The Bertz CT molecular complexity index is 1270. The number of quaternary nitrogens is 1. The lowest BCUT2D eigenvalue weighted by Gasteiger charge is -2.54. The van der Waals surface area contributed by atoms with Crippen LogP contribution in [0.4, 0.5) is 23.7 Å². The smallest absolute Gasteiger partial charge is 0.430 e. The van der Waals surface area contributed by atoms with Gasteiger partial charge in [-0.05, 0) is 41.9 Å². The van der Waals surface area contributed by atoms with Crippen molar-refractivity contribution in [1.29, 1.82) is 0 Å². The number of carbonyl (C=O) groups excluding carboxylic acids is 3. The van der Waals surface area contributed by atoms with Gasteiger partial charge in [0.15, 0.2) is 6.10 Å². The summed E-state index contributed by atoms with van der Waals surface area (Å²) >= 11 is 2.66. The molecule has 2 amide bonds. The summed E-state index contributed by atoms with van der Waals surface area (Å²) in [6.07, 6.45) is -4.02. The van der Waals surface area contributed by atoms with Gasteiger partial charge in [-0.3, -0.25) is 5.32 Å². The highest BCUT2D eigenvalue weighted by atomic mass is 32.1. The Labute approximate surface area is 236 Å². The van der Waals surface area contributed by atoms with Gasteiger partial charge in [0.1, 0.15) is 12.0 Å². The van der Waals surface area contributed by atoms with Crippen molar-refractivity contribution >= 4 is 46.3 Å². The lowest BCUT2D eigenvalue weighted by molar-refractivity contribution is -0.893. The van der Waals surface area contributed by atoms with Gasteiger partial charge in [0.2, 0.25) is 5.60 Å². The minimum absolute atomic E-state index is 0.0697. The Morgan fingerprint density at radius 1 is 0.975 bits per heavy atom. The van der Waals surface area contributed by atoms with Crippen LogP contribution in [0, 0.1) is 5.92 Å². The van der Waals surface area contributed by atoms with E-state index in [1.807, 2.05) is 60.1 Å². The number of alkyl halides is 3. The van der Waals surface area contributed by atoms with E-state index in [1.165, 1.54) is 22.7 Å². The largest absolute Gasteiger partial charge is 0.542 e. The number of fused-ring (bicyclic) bond motifs is 3. The van der Waals surface area contributed by atoms with Crippen molar-refractivity contribution < 1.29 is 47.0 Å². The number of nitrogens with one attached hydrogen (secondary N) is 1. The van der Waals surface area contributed by atoms with Gasteiger partial charge < -0.3 is 19.7 Å². The highest BCUT2D eigenvalue weighted by Gasteiger charge is 2.58. The number of ether oxygens (including phenoxy) is 1. The predicted molar refractivity (Wildman–Crippen MR) is 140 cm³/mol. The maximum absolute atomic E-state index is 13.6. The number of anilines is 1. The molecule has 3 aromatic rings. The molecular formula is C27H27F3N2O6S2. The molecule has 6 rings (SSSR count). The third-order valence-corrected chi connectivity index (χ3v) is 9.43. The van der Waals surface area contributed by atoms with Crippen molar-refractivity contribution in [2.45, 2.75) is 43.7 Å². The van der Waals surface area contributed by atoms with Gasteiger partial charge in [0.25, 0.3) is 0 Å². The second-order valence-corrected chi connectivity index (χ2v) is 11.6. The molecule has 5 heterocycles. The molecule has 13 heteroatoms. The number of carbonyl (C=O) groups is 3. The molecule has 1 unspecified atom stereocenters. The number of amides is 2. The number of hydrogen-bond acceptors (Lipinski definition) is 8. The zero-order valence-corrected chi connectivity index (χ0v) is 22.9. The van der Waals surface area contributed by atoms with Crippen molar-refractivity contribution in [2.24, 2.45) is 5.92 Å². The summed E-state index contributed by atoms with van der Waals surface area (Å²) in [4.78, 5) is 36.8. The molecule has 1 aromatic carbocycles. The number of benzene rings is 1. The van der Waals surface area contributed by atoms with E-state index in [9.17, 15) is 27.9 Å². The zero-order valence-electron chi connectivity index (χ0n) is 21.3. The highest BCUT2D eigenvalue weighted by Crippen LogP contribution is 2.43. The fraction of sp³-hybridized carbons (Fsp3) is 0.370. The van der Waals surface area contributed by atoms with Gasteiger partial charge in [-0.15, -0.1) is 22.7 Å². The second-order valence-electron chi connectivity index (χ2n) is 9.68. The second kappa shape index (κ2) is 11.7. The standard InChI is InChI=1S/C25H26N2O4S2.C2HF3O2/c1-17-22(31-23(28)25(30,20-9-5-15-32-20)21-10-6-16-33-21)18-11-13-27(17,14-12-18)24(29)26-19-7-3-2-4-8-19;3-2(4,5)1(6)7/h2-10,15-18,22,30H,11-14H2,1H3;(H,6,7)/t17-,18?,22?,27?;/m0./s1. The molecule has 0 spiro atoms. The van der Waals surface area contributed by atoms with Crippen LogP contribution in [0.1, 0.15) is 29.5 Å². The first-order chi connectivity index (χ1) is 18.9. The summed E-state index contributed by atoms with van der Waals surface area (Å²) in [5.41, 5.74) is -1.08. The molecule has 0 radical (unpaired) electrons. The Morgan fingerprint density at radius 2 is 1.50 bits per heavy atom. The maximum atomic E-state index is 13.6. The average Bonchev–Trinajstić information content (AvgIpc) is 3.66. The number of para-hydroxylation sites is 1. The normalized spacial score (nSPS) is 24.0. The van der Waals surface area contributed by atoms with Gasteiger partial charge in [0.05, 0.1) is 22.8 Å². The fourth-order valence-electron chi connectivity index (χ4n) is 5.30. The van der Waals surface area contributed by atoms with E-state index in [0.29, 0.717) is 9.75 Å². The molecule has 3 aliphatic heterocycles. The number of hydrogen-bond donors (Lipinski definition) is 2. The van der Waals surface area contributed by atoms with E-state index in [1.54, 1.807) is 12.1 Å². The number of carboxylic acids is 1. The molecule has 214 valence electrons. The number of nitrogens with zero attached hydrogens (tertiary/aromatic N) is 1. The lowest BCUT2D eigenvalue weighted by Crippen LogP contribution is -2.72. The number of rotatable bonds is 5. The first-order valence-electron chi connectivity index (χ1n) is 12.4. The Balaban J connectivity index is 0.000000470. The summed E-state index contributed by atoms with van der Waals surface area (Å²) in [5, 5.41) is 27.1. The van der Waals surface area contributed by atoms with Gasteiger partial charge in [-0.25, -0.2) is 14.1 Å². The van der Waals surface area contributed by atoms with Crippen molar-refractivity contribution in [3.8, 4) is 0 Å². The van der Waals surface area contributed by atoms with E-state index in [-0.39, 0.29) is 22.5 Å². The lowest BCUT2D eigenvalue weighted by atomic mass is 9.78. The van der Waals surface area contributed by atoms with Crippen LogP contribution in [0.25, 0.3) is 0 Å². The van der Waals surface area contributed by atoms with Gasteiger partial charge in [-0.2, -0.15) is 13.2 Å². The molecule has 3 saturated heterocycles. The fourth-order valence-corrected chi connectivity index (χ4v) is 7.01. The Morgan fingerprint density at radius 3 is 1.95 bits per heavy atom. The molecule has 3 aliphatic rings. The van der Waals surface area contributed by atoms with Crippen LogP contribution in [-0.2, 0) is 19.9 Å². The number of carboxylic acid groups (broad SMARTS) is 1. The molecule has 0 aliphatic carbocycles. The predicted octanol–water partition coefficient (Wildman–Crippen LogP) is 4.12. The van der Waals surface area contributed by atoms with Crippen LogP contribution in [-0.4, -0.2) is 59.0 Å². The van der Waals surface area contributed by atoms with Crippen LogP contribution in [0.5, 0.6) is 0 Å². The minimum atomic E-state index is -5.19. The molecule has 2 aromatic heterocycles. The molecule has 40 heavy (non-hydrogen) atoms. The van der Waals surface area contributed by atoms with E-state index in [0.717, 1.165) is 31.6 Å². The Hall–Kier alpha value is -3.26. The van der Waals surface area contributed by atoms with Crippen molar-refractivity contribution in [3.05, 3.63) is 75.1 Å². The van der Waals surface area contributed by atoms with Gasteiger partial charge in [-0.1, -0.05) is 30.3 Å². The molecule has 2 N–H and O–H groups in total. The van der Waals surface area contributed by atoms with Crippen molar-refractivity contribution in [3.63, 3.8) is 0 Å². The minimum Gasteiger partial charge on any atom is -0.542 e. The highest BCUT2D eigenvalue weighted by molar-refractivity contribution is 7.12. The number of aliphatic hydroxyl groups is 1. The Kier molecular flexibility index (Phi) is 8.69. The van der Waals surface area contributed by atoms with Crippen molar-refractivity contribution in [1.82, 2.24) is 0 Å². The summed E-state index contributed by atoms with van der Waals surface area (Å²) in [6.45, 7) is 3.43. The van der Waals surface area contributed by atoms with Crippen molar-refractivity contribution in [2.75, 3.05) is 18.4 Å². The third kappa shape index (κ3) is 5.78. The topological polar surface area (TPSA) is 116 Å². The SMILES string of the molecule is C[C@H]1C(OC(=O)C(O)(c2cccs2)c2cccs2)C2CC[N+]1(C(=O)Nc1ccccc1)CC2.O=C([O-])C(F)(F)F. The van der Waals surface area contributed by atoms with E-state index < -0.39 is 29.8 Å². The number of halogens is 3. The van der Waals surface area contributed by atoms with E-state index in [2.05, 4.69) is 5.32 Å². The average molecular weight is 597 g/mol. The van der Waals surface area contributed by atoms with Crippen LogP contribution in [0.3, 0.4) is 0 Å². The van der Waals surface area contributed by atoms with Crippen LogP contribution in [0.2, 0.25) is 0 Å². The van der Waals surface area contributed by atoms with Crippen LogP contribution < -0.4 is 10.4 Å². The molecule has 3 fully saturated rings. The van der Waals surface area contributed by atoms with Gasteiger partial charge in [0, 0.05) is 24.4 Å². The number of aliphatic carboxylic acids is 1. The summed E-state index contributed by atoms with van der Waals surface area (Å²) < 4.78 is 37.9. The first kappa shape index (κ1) is 29.7.